The first-order valence-corrected chi connectivity index (χ1v) is 6.16. The van der Waals surface area contributed by atoms with Crippen LogP contribution in [0.3, 0.4) is 0 Å². The maximum Gasteiger partial charge on any atom is 0.125 e. The molecule has 1 aromatic rings. The summed E-state index contributed by atoms with van der Waals surface area (Å²) in [5, 5.41) is 3.54. The predicted octanol–water partition coefficient (Wildman–Crippen LogP) is 2.13. The summed E-state index contributed by atoms with van der Waals surface area (Å²) in [7, 11) is 3.77. The first kappa shape index (κ1) is 14.2. The number of nitrogens with one attached hydrogen (secondary N) is 1. The summed E-state index contributed by atoms with van der Waals surface area (Å²) in [6, 6.07) is 0.275. The van der Waals surface area contributed by atoms with Crippen molar-refractivity contribution in [1.82, 2.24) is 14.9 Å². The Balaban J connectivity index is 2.42. The van der Waals surface area contributed by atoms with E-state index in [1.807, 2.05) is 19.4 Å². The van der Waals surface area contributed by atoms with Gasteiger partial charge in [0, 0.05) is 39.7 Å². The molecule has 0 aliphatic rings. The fourth-order valence-corrected chi connectivity index (χ4v) is 1.78. The minimum Gasteiger partial charge on any atom is -0.385 e. The van der Waals surface area contributed by atoms with Crippen LogP contribution in [-0.2, 0) is 11.8 Å². The van der Waals surface area contributed by atoms with Crippen LogP contribution in [0.15, 0.2) is 12.4 Å². The molecule has 4 nitrogen and oxygen atoms in total. The number of imidazole rings is 1. The van der Waals surface area contributed by atoms with Crippen molar-refractivity contribution in [3.63, 3.8) is 0 Å². The van der Waals surface area contributed by atoms with Crippen LogP contribution in [0.2, 0.25) is 0 Å². The van der Waals surface area contributed by atoms with Crippen molar-refractivity contribution in [2.75, 3.05) is 20.3 Å². The molecule has 1 heterocycles. The van der Waals surface area contributed by atoms with Crippen LogP contribution in [0.1, 0.15) is 39.1 Å². The van der Waals surface area contributed by atoms with Crippen molar-refractivity contribution >= 4 is 0 Å². The van der Waals surface area contributed by atoms with Gasteiger partial charge in [0.2, 0.25) is 0 Å². The van der Waals surface area contributed by atoms with Crippen molar-refractivity contribution in [2.45, 2.75) is 33.2 Å². The standard InChI is InChI=1S/C13H25N3O/c1-11(12-14-7-8-16(12)4)15-10-13(2,3)6-9-17-5/h7-8,11,15H,6,9-10H2,1-5H3. The monoisotopic (exact) mass is 239 g/mol. The normalized spacial score (nSPS) is 13.9. The fourth-order valence-electron chi connectivity index (χ4n) is 1.78. The van der Waals surface area contributed by atoms with E-state index in [4.69, 9.17) is 4.74 Å². The zero-order valence-corrected chi connectivity index (χ0v) is 11.7. The molecule has 1 rings (SSSR count). The molecular formula is C13H25N3O. The second-order valence-electron chi connectivity index (χ2n) is 5.41. The molecule has 0 radical (unpaired) electrons. The number of rotatable bonds is 7. The summed E-state index contributed by atoms with van der Waals surface area (Å²) in [5.41, 5.74) is 0.245. The van der Waals surface area contributed by atoms with E-state index in [1.54, 1.807) is 7.11 Å². The van der Waals surface area contributed by atoms with Gasteiger partial charge in [-0.3, -0.25) is 0 Å². The van der Waals surface area contributed by atoms with Crippen molar-refractivity contribution in [3.05, 3.63) is 18.2 Å². The van der Waals surface area contributed by atoms with Gasteiger partial charge in [-0.1, -0.05) is 13.8 Å². The second kappa shape index (κ2) is 6.17. The smallest absolute Gasteiger partial charge is 0.125 e. The Morgan fingerprint density at radius 3 is 2.76 bits per heavy atom. The number of hydrogen-bond acceptors (Lipinski definition) is 3. The molecule has 0 fully saturated rings. The van der Waals surface area contributed by atoms with Gasteiger partial charge in [-0.25, -0.2) is 4.98 Å². The Morgan fingerprint density at radius 1 is 1.53 bits per heavy atom. The topological polar surface area (TPSA) is 39.1 Å². The summed E-state index contributed by atoms with van der Waals surface area (Å²) in [6.07, 6.45) is 4.87. The van der Waals surface area contributed by atoms with Crippen molar-refractivity contribution in [3.8, 4) is 0 Å². The highest BCUT2D eigenvalue weighted by atomic mass is 16.5. The van der Waals surface area contributed by atoms with Gasteiger partial charge in [0.15, 0.2) is 0 Å². The molecule has 98 valence electrons. The zero-order chi connectivity index (χ0) is 12.9. The van der Waals surface area contributed by atoms with E-state index in [0.29, 0.717) is 0 Å². The highest BCUT2D eigenvalue weighted by molar-refractivity contribution is 4.97. The molecule has 0 saturated carbocycles. The molecule has 17 heavy (non-hydrogen) atoms. The molecule has 0 saturated heterocycles. The SMILES string of the molecule is COCCC(C)(C)CNC(C)c1nccn1C. The fraction of sp³-hybridized carbons (Fsp3) is 0.769. The molecule has 0 amide bonds. The average molecular weight is 239 g/mol. The quantitative estimate of drug-likeness (QED) is 0.792. The first-order valence-electron chi connectivity index (χ1n) is 6.16. The summed E-state index contributed by atoms with van der Waals surface area (Å²) in [4.78, 5) is 4.35. The number of aromatic nitrogens is 2. The van der Waals surface area contributed by atoms with Crippen LogP contribution in [-0.4, -0.2) is 29.8 Å². The lowest BCUT2D eigenvalue weighted by Gasteiger charge is -2.26. The van der Waals surface area contributed by atoms with Crippen LogP contribution >= 0.6 is 0 Å². The third-order valence-electron chi connectivity index (χ3n) is 3.12. The molecule has 0 bridgehead atoms. The third kappa shape index (κ3) is 4.48. The van der Waals surface area contributed by atoms with Gasteiger partial charge in [0.25, 0.3) is 0 Å². The Bertz CT molecular complexity index is 333. The lowest BCUT2D eigenvalue weighted by atomic mass is 9.89. The third-order valence-corrected chi connectivity index (χ3v) is 3.12. The highest BCUT2D eigenvalue weighted by Gasteiger charge is 2.19. The van der Waals surface area contributed by atoms with E-state index in [0.717, 1.165) is 25.4 Å². The predicted molar refractivity (Wildman–Crippen MR) is 69.9 cm³/mol. The van der Waals surface area contributed by atoms with E-state index in [9.17, 15) is 0 Å². The molecule has 1 aromatic heterocycles. The Kier molecular flexibility index (Phi) is 5.15. The summed E-state index contributed by atoms with van der Waals surface area (Å²) in [6.45, 7) is 8.43. The lowest BCUT2D eigenvalue weighted by molar-refractivity contribution is 0.149. The largest absolute Gasteiger partial charge is 0.385 e. The summed E-state index contributed by atoms with van der Waals surface area (Å²) >= 11 is 0. The van der Waals surface area contributed by atoms with Gasteiger partial charge in [-0.15, -0.1) is 0 Å². The Hall–Kier alpha value is -0.870. The van der Waals surface area contributed by atoms with Crippen LogP contribution < -0.4 is 5.32 Å². The number of nitrogens with zero attached hydrogens (tertiary/aromatic N) is 2. The molecule has 1 atom stereocenters. The maximum atomic E-state index is 5.13. The van der Waals surface area contributed by atoms with Crippen LogP contribution in [0.5, 0.6) is 0 Å². The van der Waals surface area contributed by atoms with Crippen molar-refractivity contribution < 1.29 is 4.74 Å². The van der Waals surface area contributed by atoms with Crippen molar-refractivity contribution in [2.24, 2.45) is 12.5 Å². The molecule has 0 aromatic carbocycles. The summed E-state index contributed by atoms with van der Waals surface area (Å²) < 4.78 is 7.19. The zero-order valence-electron chi connectivity index (χ0n) is 11.7. The van der Waals surface area contributed by atoms with Gasteiger partial charge < -0.3 is 14.6 Å². The molecular weight excluding hydrogens is 214 g/mol. The van der Waals surface area contributed by atoms with Crippen molar-refractivity contribution in [1.29, 1.82) is 0 Å². The van der Waals surface area contributed by atoms with Crippen LogP contribution in [0.25, 0.3) is 0 Å². The Morgan fingerprint density at radius 2 is 2.24 bits per heavy atom. The van der Waals surface area contributed by atoms with E-state index in [2.05, 4.69) is 35.6 Å². The lowest BCUT2D eigenvalue weighted by Crippen LogP contribution is -2.33. The minimum absolute atomic E-state index is 0.245. The summed E-state index contributed by atoms with van der Waals surface area (Å²) in [5.74, 6) is 1.08. The van der Waals surface area contributed by atoms with E-state index in [-0.39, 0.29) is 11.5 Å². The second-order valence-corrected chi connectivity index (χ2v) is 5.41. The Labute approximate surface area is 104 Å². The number of hydrogen-bond donors (Lipinski definition) is 1. The van der Waals surface area contributed by atoms with Gasteiger partial charge >= 0.3 is 0 Å². The molecule has 0 aliphatic heterocycles. The molecule has 1 unspecified atom stereocenters. The van der Waals surface area contributed by atoms with Gasteiger partial charge in [0.1, 0.15) is 5.82 Å². The molecule has 0 spiro atoms. The van der Waals surface area contributed by atoms with E-state index < -0.39 is 0 Å². The number of aryl methyl sites for hydroxylation is 1. The van der Waals surface area contributed by atoms with Gasteiger partial charge in [-0.05, 0) is 18.8 Å². The minimum atomic E-state index is 0.245. The molecule has 4 heteroatoms. The number of methoxy groups -OCH3 is 1. The van der Waals surface area contributed by atoms with Crippen LogP contribution in [0, 0.1) is 5.41 Å². The van der Waals surface area contributed by atoms with Gasteiger partial charge in [0.05, 0.1) is 6.04 Å². The molecule has 1 N–H and O–H groups in total. The van der Waals surface area contributed by atoms with Gasteiger partial charge in [-0.2, -0.15) is 0 Å². The number of ether oxygens (including phenoxy) is 1. The maximum absolute atomic E-state index is 5.13. The molecule has 0 aliphatic carbocycles. The van der Waals surface area contributed by atoms with E-state index in [1.165, 1.54) is 0 Å². The van der Waals surface area contributed by atoms with E-state index >= 15 is 0 Å². The van der Waals surface area contributed by atoms with Crippen LogP contribution in [0.4, 0.5) is 0 Å². The first-order chi connectivity index (χ1) is 7.96. The average Bonchev–Trinajstić information content (AvgIpc) is 2.70. The highest BCUT2D eigenvalue weighted by Crippen LogP contribution is 2.20.